The number of carbonyl (C=O) groups is 2. The molecule has 1 aromatic rings. The first-order chi connectivity index (χ1) is 10.1. The van der Waals surface area contributed by atoms with E-state index in [-0.39, 0.29) is 11.8 Å². The lowest BCUT2D eigenvalue weighted by molar-refractivity contribution is -0.130. The summed E-state index contributed by atoms with van der Waals surface area (Å²) in [5.41, 5.74) is 0.557. The number of nitrogens with one attached hydrogen (secondary N) is 1. The molecule has 5 heteroatoms. The maximum Gasteiger partial charge on any atom is 0.255 e. The zero-order valence-corrected chi connectivity index (χ0v) is 12.6. The SMILES string of the molecule is COc1ccccc1C(=O)NCC1CCN(C(C)=O)CC1. The number of methoxy groups -OCH3 is 1. The molecule has 1 saturated heterocycles. The highest BCUT2D eigenvalue weighted by atomic mass is 16.5. The Hall–Kier alpha value is -2.04. The number of hydrogen-bond acceptors (Lipinski definition) is 3. The Kier molecular flexibility index (Phi) is 5.20. The van der Waals surface area contributed by atoms with Gasteiger partial charge in [-0.05, 0) is 30.9 Å². The Labute approximate surface area is 125 Å². The van der Waals surface area contributed by atoms with Crippen molar-refractivity contribution in [1.82, 2.24) is 10.2 Å². The third-order valence-electron chi connectivity index (χ3n) is 3.96. The van der Waals surface area contributed by atoms with Crippen LogP contribution in [0.25, 0.3) is 0 Å². The second-order valence-corrected chi connectivity index (χ2v) is 5.36. The lowest BCUT2D eigenvalue weighted by Gasteiger charge is -2.31. The number of para-hydroxylation sites is 1. The third-order valence-corrected chi connectivity index (χ3v) is 3.96. The van der Waals surface area contributed by atoms with Gasteiger partial charge in [0.2, 0.25) is 5.91 Å². The molecule has 0 unspecified atom stereocenters. The Balaban J connectivity index is 1.84. The summed E-state index contributed by atoms with van der Waals surface area (Å²) in [5.74, 6) is 1.04. The molecule has 0 aliphatic carbocycles. The maximum absolute atomic E-state index is 12.2. The van der Waals surface area contributed by atoms with E-state index in [1.807, 2.05) is 17.0 Å². The van der Waals surface area contributed by atoms with E-state index in [0.717, 1.165) is 25.9 Å². The molecule has 21 heavy (non-hydrogen) atoms. The van der Waals surface area contributed by atoms with Gasteiger partial charge in [-0.25, -0.2) is 0 Å². The van der Waals surface area contributed by atoms with E-state index < -0.39 is 0 Å². The Bertz CT molecular complexity index is 508. The molecule has 1 aliphatic heterocycles. The average Bonchev–Trinajstić information content (AvgIpc) is 2.52. The predicted molar refractivity (Wildman–Crippen MR) is 80.3 cm³/mol. The Morgan fingerprint density at radius 2 is 1.95 bits per heavy atom. The fourth-order valence-corrected chi connectivity index (χ4v) is 2.62. The number of piperidine rings is 1. The molecule has 1 fully saturated rings. The van der Waals surface area contributed by atoms with E-state index in [1.165, 1.54) is 0 Å². The number of benzene rings is 1. The molecule has 114 valence electrons. The van der Waals surface area contributed by atoms with E-state index in [1.54, 1.807) is 26.2 Å². The van der Waals surface area contributed by atoms with Gasteiger partial charge in [0.1, 0.15) is 5.75 Å². The van der Waals surface area contributed by atoms with Gasteiger partial charge in [0, 0.05) is 26.6 Å². The summed E-state index contributed by atoms with van der Waals surface area (Å²) in [6, 6.07) is 7.20. The van der Waals surface area contributed by atoms with Crippen molar-refractivity contribution in [1.29, 1.82) is 0 Å². The molecular weight excluding hydrogens is 268 g/mol. The summed E-state index contributed by atoms with van der Waals surface area (Å²) in [5, 5.41) is 2.97. The van der Waals surface area contributed by atoms with Crippen molar-refractivity contribution >= 4 is 11.8 Å². The number of carbonyl (C=O) groups excluding carboxylic acids is 2. The first-order valence-electron chi connectivity index (χ1n) is 7.28. The van der Waals surface area contributed by atoms with Crippen molar-refractivity contribution in [2.75, 3.05) is 26.7 Å². The summed E-state index contributed by atoms with van der Waals surface area (Å²) in [4.78, 5) is 25.3. The van der Waals surface area contributed by atoms with Crippen LogP contribution >= 0.6 is 0 Å². The zero-order valence-electron chi connectivity index (χ0n) is 12.6. The molecule has 0 spiro atoms. The fourth-order valence-electron chi connectivity index (χ4n) is 2.62. The molecule has 0 bridgehead atoms. The molecule has 1 heterocycles. The summed E-state index contributed by atoms with van der Waals surface area (Å²) >= 11 is 0. The van der Waals surface area contributed by atoms with Crippen LogP contribution in [0.1, 0.15) is 30.1 Å². The molecule has 0 saturated carbocycles. The maximum atomic E-state index is 12.2. The number of nitrogens with zero attached hydrogens (tertiary/aromatic N) is 1. The lowest BCUT2D eigenvalue weighted by atomic mass is 9.96. The fraction of sp³-hybridized carbons (Fsp3) is 0.500. The van der Waals surface area contributed by atoms with Crippen LogP contribution in [0.15, 0.2) is 24.3 Å². The molecule has 0 radical (unpaired) electrons. The Morgan fingerprint density at radius 1 is 1.29 bits per heavy atom. The highest BCUT2D eigenvalue weighted by Gasteiger charge is 2.21. The van der Waals surface area contributed by atoms with Crippen molar-refractivity contribution in [3.63, 3.8) is 0 Å². The molecule has 0 aromatic heterocycles. The van der Waals surface area contributed by atoms with Gasteiger partial charge in [0.05, 0.1) is 12.7 Å². The van der Waals surface area contributed by atoms with E-state index in [0.29, 0.717) is 23.8 Å². The molecule has 1 N–H and O–H groups in total. The molecular formula is C16H22N2O3. The number of amides is 2. The van der Waals surface area contributed by atoms with Gasteiger partial charge in [-0.15, -0.1) is 0 Å². The summed E-state index contributed by atoms with van der Waals surface area (Å²) in [7, 11) is 1.56. The molecule has 0 atom stereocenters. The Morgan fingerprint density at radius 3 is 2.57 bits per heavy atom. The summed E-state index contributed by atoms with van der Waals surface area (Å²) in [6.45, 7) is 3.81. The zero-order chi connectivity index (χ0) is 15.2. The van der Waals surface area contributed by atoms with Crippen LogP contribution in [-0.4, -0.2) is 43.5 Å². The lowest BCUT2D eigenvalue weighted by Crippen LogP contribution is -2.40. The standard InChI is InChI=1S/C16H22N2O3/c1-12(19)18-9-7-13(8-10-18)11-17-16(20)14-5-3-4-6-15(14)21-2/h3-6,13H,7-11H2,1-2H3,(H,17,20). The second-order valence-electron chi connectivity index (χ2n) is 5.36. The number of hydrogen-bond donors (Lipinski definition) is 1. The van der Waals surface area contributed by atoms with Crippen molar-refractivity contribution in [3.05, 3.63) is 29.8 Å². The highest BCUT2D eigenvalue weighted by molar-refractivity contribution is 5.96. The minimum absolute atomic E-state index is 0.110. The third kappa shape index (κ3) is 3.97. The first-order valence-corrected chi connectivity index (χ1v) is 7.28. The molecule has 1 aliphatic rings. The average molecular weight is 290 g/mol. The van der Waals surface area contributed by atoms with Crippen molar-refractivity contribution in [3.8, 4) is 5.75 Å². The van der Waals surface area contributed by atoms with Crippen molar-refractivity contribution in [2.45, 2.75) is 19.8 Å². The normalized spacial score (nSPS) is 15.6. The largest absolute Gasteiger partial charge is 0.496 e. The van der Waals surface area contributed by atoms with E-state index >= 15 is 0 Å². The number of rotatable bonds is 4. The van der Waals surface area contributed by atoms with E-state index in [4.69, 9.17) is 4.74 Å². The van der Waals surface area contributed by atoms with Gasteiger partial charge in [0.15, 0.2) is 0 Å². The topological polar surface area (TPSA) is 58.6 Å². The first kappa shape index (κ1) is 15.4. The minimum Gasteiger partial charge on any atom is -0.496 e. The van der Waals surface area contributed by atoms with Gasteiger partial charge in [0.25, 0.3) is 5.91 Å². The van der Waals surface area contributed by atoms with Crippen LogP contribution in [0, 0.1) is 5.92 Å². The molecule has 2 amide bonds. The van der Waals surface area contributed by atoms with Crippen molar-refractivity contribution < 1.29 is 14.3 Å². The highest BCUT2D eigenvalue weighted by Crippen LogP contribution is 2.19. The summed E-state index contributed by atoms with van der Waals surface area (Å²) in [6.07, 6.45) is 1.87. The molecule has 1 aromatic carbocycles. The molecule has 2 rings (SSSR count). The van der Waals surface area contributed by atoms with Crippen LogP contribution in [-0.2, 0) is 4.79 Å². The van der Waals surface area contributed by atoms with Crippen molar-refractivity contribution in [2.24, 2.45) is 5.92 Å². The van der Waals surface area contributed by atoms with E-state index in [9.17, 15) is 9.59 Å². The van der Waals surface area contributed by atoms with Crippen LogP contribution < -0.4 is 10.1 Å². The van der Waals surface area contributed by atoms with Crippen LogP contribution in [0.3, 0.4) is 0 Å². The second kappa shape index (κ2) is 7.11. The summed E-state index contributed by atoms with van der Waals surface area (Å²) < 4.78 is 5.19. The van der Waals surface area contributed by atoms with Gasteiger partial charge in [-0.1, -0.05) is 12.1 Å². The smallest absolute Gasteiger partial charge is 0.255 e. The monoisotopic (exact) mass is 290 g/mol. The van der Waals surface area contributed by atoms with Crippen LogP contribution in [0.2, 0.25) is 0 Å². The van der Waals surface area contributed by atoms with Gasteiger partial charge in [-0.2, -0.15) is 0 Å². The number of likely N-dealkylation sites (tertiary alicyclic amines) is 1. The van der Waals surface area contributed by atoms with Crippen LogP contribution in [0.5, 0.6) is 5.75 Å². The quantitative estimate of drug-likeness (QED) is 0.918. The van der Waals surface area contributed by atoms with Crippen LogP contribution in [0.4, 0.5) is 0 Å². The van der Waals surface area contributed by atoms with Gasteiger partial charge < -0.3 is 15.0 Å². The minimum atomic E-state index is -0.110. The van der Waals surface area contributed by atoms with Gasteiger partial charge >= 0.3 is 0 Å². The van der Waals surface area contributed by atoms with Gasteiger partial charge in [-0.3, -0.25) is 9.59 Å². The molecule has 5 nitrogen and oxygen atoms in total. The van der Waals surface area contributed by atoms with E-state index in [2.05, 4.69) is 5.32 Å². The predicted octanol–water partition coefficient (Wildman–Crippen LogP) is 1.68. The number of ether oxygens (including phenoxy) is 1.